The summed E-state index contributed by atoms with van der Waals surface area (Å²) in [5.41, 5.74) is 3.42. The Morgan fingerprint density at radius 2 is 2.19 bits per heavy atom. The van der Waals surface area contributed by atoms with Gasteiger partial charge in [-0.15, -0.1) is 11.3 Å². The van der Waals surface area contributed by atoms with E-state index in [1.807, 2.05) is 13.1 Å². The molecule has 0 unspecified atom stereocenters. The zero-order valence-corrected chi connectivity index (χ0v) is 15.1. The summed E-state index contributed by atoms with van der Waals surface area (Å²) in [7, 11) is 1.85. The summed E-state index contributed by atoms with van der Waals surface area (Å²) in [5.74, 6) is -0.912. The van der Waals surface area contributed by atoms with Gasteiger partial charge in [0.15, 0.2) is 0 Å². The zero-order chi connectivity index (χ0) is 18.5. The molecule has 4 rings (SSSR count). The minimum Gasteiger partial charge on any atom is -0.289 e. The first-order valence-electron chi connectivity index (χ1n) is 8.13. The monoisotopic (exact) mass is 372 g/mol. The normalized spacial score (nSPS) is 18.8. The Kier molecular flexibility index (Phi) is 3.89. The lowest BCUT2D eigenvalue weighted by Crippen LogP contribution is -2.44. The number of hydrogen-bond acceptors (Lipinski definition) is 5. The van der Waals surface area contributed by atoms with Crippen LogP contribution in [0.1, 0.15) is 21.7 Å². The summed E-state index contributed by atoms with van der Waals surface area (Å²) >= 11 is 1.50. The van der Waals surface area contributed by atoms with E-state index in [9.17, 15) is 14.4 Å². The fourth-order valence-electron chi connectivity index (χ4n) is 3.68. The molecule has 0 spiro atoms. The van der Waals surface area contributed by atoms with Crippen LogP contribution in [0.5, 0.6) is 0 Å². The molecule has 2 aromatic heterocycles. The van der Waals surface area contributed by atoms with E-state index in [0.717, 1.165) is 21.3 Å². The van der Waals surface area contributed by atoms with Crippen molar-refractivity contribution in [1.29, 1.82) is 0 Å². The lowest BCUT2D eigenvalue weighted by atomic mass is 9.75. The minimum atomic E-state index is -1.06. The van der Waals surface area contributed by atoms with E-state index in [1.165, 1.54) is 17.4 Å². The highest BCUT2D eigenvalue weighted by Crippen LogP contribution is 2.45. The largest absolute Gasteiger partial charge is 0.289 e. The lowest BCUT2D eigenvalue weighted by Gasteiger charge is -2.28. The summed E-state index contributed by atoms with van der Waals surface area (Å²) in [6, 6.07) is 6.59. The number of aromatic nitrogens is 3. The standard InChI is InChI=1S/C18H17FN4O2S/c1-10-11(4-3-5-12(10)19)18(17(24)22-25)8-13-15(9-18)26-16(21-13)14-6-7-20-23(14)2/h3-7,25H,8-9H2,1-2H3,(H,22,24)/t18-/m0/s1. The maximum atomic E-state index is 14.1. The predicted octanol–water partition coefficient (Wildman–Crippen LogP) is 2.53. The predicted molar refractivity (Wildman–Crippen MR) is 94.5 cm³/mol. The number of carbonyl (C=O) groups is 1. The van der Waals surface area contributed by atoms with Crippen LogP contribution in [-0.2, 0) is 30.1 Å². The van der Waals surface area contributed by atoms with Gasteiger partial charge in [-0.2, -0.15) is 5.10 Å². The van der Waals surface area contributed by atoms with Crippen molar-refractivity contribution in [2.24, 2.45) is 7.05 Å². The van der Waals surface area contributed by atoms with Gasteiger partial charge in [-0.1, -0.05) is 12.1 Å². The van der Waals surface area contributed by atoms with Crippen molar-refractivity contribution in [2.45, 2.75) is 25.2 Å². The number of nitrogens with zero attached hydrogens (tertiary/aromatic N) is 3. The van der Waals surface area contributed by atoms with E-state index in [4.69, 9.17) is 0 Å². The fraction of sp³-hybridized carbons (Fsp3) is 0.278. The number of hydroxylamine groups is 1. The second-order valence-corrected chi connectivity index (χ2v) is 7.60. The topological polar surface area (TPSA) is 80.0 Å². The molecule has 1 amide bonds. The van der Waals surface area contributed by atoms with Crippen molar-refractivity contribution in [1.82, 2.24) is 20.2 Å². The van der Waals surface area contributed by atoms with Gasteiger partial charge in [-0.3, -0.25) is 14.7 Å². The smallest absolute Gasteiger partial charge is 0.254 e. The molecule has 1 aliphatic rings. The molecule has 1 aromatic carbocycles. The second kappa shape index (κ2) is 6.00. The number of nitrogens with one attached hydrogen (secondary N) is 1. The SMILES string of the molecule is Cc1c(F)cccc1[C@]1(C(=O)NO)Cc2nc(-c3ccnn3C)sc2C1. The molecule has 2 N–H and O–H groups in total. The van der Waals surface area contributed by atoms with Crippen molar-refractivity contribution < 1.29 is 14.4 Å². The van der Waals surface area contributed by atoms with Gasteiger partial charge in [0.1, 0.15) is 10.8 Å². The quantitative estimate of drug-likeness (QED) is 0.547. The summed E-state index contributed by atoms with van der Waals surface area (Å²) in [6.45, 7) is 1.65. The Labute approximate surface area is 153 Å². The van der Waals surface area contributed by atoms with Crippen molar-refractivity contribution >= 4 is 17.2 Å². The summed E-state index contributed by atoms with van der Waals surface area (Å²) in [5, 5.41) is 14.3. The molecule has 8 heteroatoms. The van der Waals surface area contributed by atoms with E-state index in [2.05, 4.69) is 10.1 Å². The Morgan fingerprint density at radius 3 is 2.85 bits per heavy atom. The number of rotatable bonds is 3. The molecule has 1 atom stereocenters. The van der Waals surface area contributed by atoms with Crippen LogP contribution in [0.2, 0.25) is 0 Å². The molecule has 0 fully saturated rings. The van der Waals surface area contributed by atoms with Crippen LogP contribution in [0.15, 0.2) is 30.5 Å². The van der Waals surface area contributed by atoms with E-state index in [0.29, 0.717) is 24.0 Å². The highest BCUT2D eigenvalue weighted by atomic mass is 32.1. The van der Waals surface area contributed by atoms with Gasteiger partial charge in [0, 0.05) is 31.0 Å². The van der Waals surface area contributed by atoms with Crippen LogP contribution in [0.25, 0.3) is 10.7 Å². The molecular weight excluding hydrogens is 355 g/mol. The summed E-state index contributed by atoms with van der Waals surface area (Å²) in [4.78, 5) is 18.3. The van der Waals surface area contributed by atoms with Crippen molar-refractivity contribution in [3.05, 3.63) is 58.0 Å². The zero-order valence-electron chi connectivity index (χ0n) is 14.3. The molecule has 134 valence electrons. The van der Waals surface area contributed by atoms with Crippen LogP contribution < -0.4 is 5.48 Å². The number of benzene rings is 1. The molecule has 0 radical (unpaired) electrons. The number of thiazole rings is 1. The Bertz CT molecular complexity index is 987. The average molecular weight is 372 g/mol. The molecule has 3 aromatic rings. The third-order valence-electron chi connectivity index (χ3n) is 5.07. The third-order valence-corrected chi connectivity index (χ3v) is 6.19. The molecule has 0 aliphatic heterocycles. The first-order chi connectivity index (χ1) is 12.5. The van der Waals surface area contributed by atoms with Gasteiger partial charge in [-0.05, 0) is 30.2 Å². The average Bonchev–Trinajstić information content (AvgIpc) is 3.29. The summed E-state index contributed by atoms with van der Waals surface area (Å²) in [6.07, 6.45) is 2.39. The molecule has 26 heavy (non-hydrogen) atoms. The van der Waals surface area contributed by atoms with Gasteiger partial charge < -0.3 is 0 Å². The molecule has 2 heterocycles. The molecular formula is C18H17FN4O2S. The van der Waals surface area contributed by atoms with Crippen LogP contribution >= 0.6 is 11.3 Å². The number of amides is 1. The first-order valence-corrected chi connectivity index (χ1v) is 8.95. The summed E-state index contributed by atoms with van der Waals surface area (Å²) < 4.78 is 15.9. The van der Waals surface area contributed by atoms with Crippen LogP contribution in [0.4, 0.5) is 4.39 Å². The van der Waals surface area contributed by atoms with Gasteiger partial charge in [0.05, 0.1) is 16.8 Å². The highest BCUT2D eigenvalue weighted by molar-refractivity contribution is 7.15. The Hall–Kier alpha value is -2.58. The number of fused-ring (bicyclic) bond motifs is 1. The Balaban J connectivity index is 1.78. The van der Waals surface area contributed by atoms with Gasteiger partial charge in [0.25, 0.3) is 5.91 Å². The maximum absolute atomic E-state index is 14.1. The first kappa shape index (κ1) is 16.9. The lowest BCUT2D eigenvalue weighted by molar-refractivity contribution is -0.135. The van der Waals surface area contributed by atoms with Crippen LogP contribution in [0, 0.1) is 12.7 Å². The number of halogens is 1. The van der Waals surface area contributed by atoms with Gasteiger partial charge in [0.2, 0.25) is 0 Å². The van der Waals surface area contributed by atoms with E-state index < -0.39 is 11.3 Å². The van der Waals surface area contributed by atoms with Crippen LogP contribution in [-0.4, -0.2) is 25.9 Å². The molecule has 6 nitrogen and oxygen atoms in total. The number of carbonyl (C=O) groups excluding carboxylic acids is 1. The van der Waals surface area contributed by atoms with Crippen molar-refractivity contribution in [3.63, 3.8) is 0 Å². The number of hydrogen-bond donors (Lipinski definition) is 2. The third kappa shape index (κ3) is 2.37. The fourth-order valence-corrected chi connectivity index (χ4v) is 4.93. The second-order valence-electron chi connectivity index (χ2n) is 6.52. The maximum Gasteiger partial charge on any atom is 0.254 e. The molecule has 1 aliphatic carbocycles. The minimum absolute atomic E-state index is 0.313. The number of aryl methyl sites for hydroxylation is 1. The Morgan fingerprint density at radius 1 is 1.38 bits per heavy atom. The molecule has 0 saturated carbocycles. The van der Waals surface area contributed by atoms with Gasteiger partial charge in [-0.25, -0.2) is 14.9 Å². The van der Waals surface area contributed by atoms with Crippen LogP contribution in [0.3, 0.4) is 0 Å². The van der Waals surface area contributed by atoms with Gasteiger partial charge >= 0.3 is 0 Å². The van der Waals surface area contributed by atoms with E-state index >= 15 is 0 Å². The van der Waals surface area contributed by atoms with Crippen molar-refractivity contribution in [3.8, 4) is 10.7 Å². The highest BCUT2D eigenvalue weighted by Gasteiger charge is 2.48. The molecule has 0 bridgehead atoms. The van der Waals surface area contributed by atoms with E-state index in [-0.39, 0.29) is 5.82 Å². The van der Waals surface area contributed by atoms with Crippen molar-refractivity contribution in [2.75, 3.05) is 0 Å². The molecule has 0 saturated heterocycles. The van der Waals surface area contributed by atoms with E-state index in [1.54, 1.807) is 35.4 Å².